The van der Waals surface area contributed by atoms with Crippen LogP contribution in [-0.4, -0.2) is 43.4 Å². The summed E-state index contributed by atoms with van der Waals surface area (Å²) in [6.45, 7) is 9.75. The zero-order valence-corrected chi connectivity index (χ0v) is 26.5. The van der Waals surface area contributed by atoms with Gasteiger partial charge in [0.1, 0.15) is 5.82 Å². The zero-order chi connectivity index (χ0) is 30.4. The van der Waals surface area contributed by atoms with Crippen molar-refractivity contribution < 1.29 is 27.8 Å². The molecule has 7 nitrogen and oxygen atoms in total. The molecule has 5 rings (SSSR count). The lowest BCUT2D eigenvalue weighted by molar-refractivity contribution is -0.0964. The molecule has 0 saturated heterocycles. The fraction of sp³-hybridized carbons (Fsp3) is 0.788. The number of urea groups is 1. The summed E-state index contributed by atoms with van der Waals surface area (Å²) in [6, 6.07) is 3.78. The van der Waals surface area contributed by atoms with E-state index in [9.17, 15) is 27.8 Å². The summed E-state index contributed by atoms with van der Waals surface area (Å²) in [5.74, 6) is 2.43. The molecule has 0 spiro atoms. The summed E-state index contributed by atoms with van der Waals surface area (Å²) in [4.78, 5) is 12.1. The largest absolute Gasteiger partial charge is 0.393 e. The van der Waals surface area contributed by atoms with Crippen molar-refractivity contribution in [1.82, 2.24) is 10.0 Å². The van der Waals surface area contributed by atoms with Crippen LogP contribution in [0.25, 0.3) is 0 Å². The van der Waals surface area contributed by atoms with Gasteiger partial charge in [-0.25, -0.2) is 22.3 Å². The summed E-state index contributed by atoms with van der Waals surface area (Å²) in [6.07, 6.45) is 9.40. The van der Waals surface area contributed by atoms with Gasteiger partial charge in [0.05, 0.1) is 17.1 Å². The molecular weight excluding hydrogens is 555 g/mol. The molecule has 9 heteroatoms. The van der Waals surface area contributed by atoms with Crippen LogP contribution >= 0.6 is 0 Å². The fourth-order valence-corrected chi connectivity index (χ4v) is 11.6. The van der Waals surface area contributed by atoms with E-state index in [0.29, 0.717) is 42.1 Å². The van der Waals surface area contributed by atoms with Crippen LogP contribution < -0.4 is 10.0 Å². The Morgan fingerprint density at radius 3 is 2.48 bits per heavy atom. The summed E-state index contributed by atoms with van der Waals surface area (Å²) >= 11 is 0. The van der Waals surface area contributed by atoms with Gasteiger partial charge >= 0.3 is 6.03 Å². The topological polar surface area (TPSA) is 116 Å². The molecule has 1 unspecified atom stereocenters. The van der Waals surface area contributed by atoms with Gasteiger partial charge in [0.15, 0.2) is 0 Å². The molecule has 11 atom stereocenters. The summed E-state index contributed by atoms with van der Waals surface area (Å²) in [7, 11) is -4.15. The summed E-state index contributed by atoms with van der Waals surface area (Å²) in [5, 5.41) is 24.9. The van der Waals surface area contributed by atoms with Crippen molar-refractivity contribution in [3.05, 3.63) is 30.1 Å². The number of benzene rings is 1. The van der Waals surface area contributed by atoms with E-state index in [1.54, 1.807) is 0 Å². The molecule has 0 radical (unpaired) electrons. The first kappa shape index (κ1) is 31.7. The lowest BCUT2D eigenvalue weighted by Crippen LogP contribution is -2.51. The van der Waals surface area contributed by atoms with Crippen molar-refractivity contribution in [2.24, 2.45) is 52.3 Å². The van der Waals surface area contributed by atoms with Gasteiger partial charge in [-0.05, 0) is 128 Å². The number of nitrogens with one attached hydrogen (secondary N) is 2. The average molecular weight is 607 g/mol. The molecule has 0 aromatic heterocycles. The van der Waals surface area contributed by atoms with Gasteiger partial charge in [-0.3, -0.25) is 0 Å². The second-order valence-corrected chi connectivity index (χ2v) is 16.3. The third kappa shape index (κ3) is 5.74. The smallest absolute Gasteiger partial charge is 0.328 e. The highest BCUT2D eigenvalue weighted by atomic mass is 32.2. The minimum atomic E-state index is -4.15. The number of rotatable bonds is 7. The molecule has 2 amide bonds. The predicted molar refractivity (Wildman–Crippen MR) is 160 cm³/mol. The predicted octanol–water partition coefficient (Wildman–Crippen LogP) is 5.86. The molecule has 0 bridgehead atoms. The van der Waals surface area contributed by atoms with Crippen LogP contribution in [0.1, 0.15) is 91.9 Å². The molecular formula is C33H51FN2O5S. The van der Waals surface area contributed by atoms with E-state index in [1.807, 2.05) is 4.72 Å². The van der Waals surface area contributed by atoms with E-state index >= 15 is 0 Å². The summed E-state index contributed by atoms with van der Waals surface area (Å²) < 4.78 is 40.4. The average Bonchev–Trinajstić information content (AvgIpc) is 3.24. The van der Waals surface area contributed by atoms with Gasteiger partial charge in [-0.1, -0.05) is 40.2 Å². The fourth-order valence-electron chi connectivity index (χ4n) is 10.6. The number of amides is 2. The second kappa shape index (κ2) is 12.0. The van der Waals surface area contributed by atoms with E-state index < -0.39 is 21.9 Å². The summed E-state index contributed by atoms with van der Waals surface area (Å²) in [5.41, 5.74) is 0.339. The minimum Gasteiger partial charge on any atom is -0.393 e. The number of hydrogen-bond acceptors (Lipinski definition) is 5. The number of aliphatic hydroxyl groups is 2. The Kier molecular flexibility index (Phi) is 9.06. The molecule has 236 valence electrons. The van der Waals surface area contributed by atoms with Gasteiger partial charge in [0.2, 0.25) is 0 Å². The maximum absolute atomic E-state index is 13.5. The number of carbonyl (C=O) groups excluding carboxylic acids is 1. The SMILES string of the molecule is CC[C@H]1C(O)C[C@H]2[C@H](CC[C@]3(C)[C@@H]([C@H](C)CCNC(=O)NS(=O)(=O)c4cccc(F)c4)CC[C@@H]23)[C@@]2(C)CC[C@@H](O)C[C@@H]12. The normalized spacial score (nSPS) is 40.6. The second-order valence-electron chi connectivity index (χ2n) is 14.6. The maximum Gasteiger partial charge on any atom is 0.328 e. The van der Waals surface area contributed by atoms with Gasteiger partial charge in [-0.15, -0.1) is 0 Å². The number of halogens is 1. The van der Waals surface area contributed by atoms with Gasteiger partial charge < -0.3 is 15.5 Å². The number of carbonyl (C=O) groups is 1. The van der Waals surface area contributed by atoms with E-state index in [0.717, 1.165) is 57.1 Å². The molecule has 1 aromatic rings. The minimum absolute atomic E-state index is 0.163. The molecule has 4 N–H and O–H groups in total. The lowest BCUT2D eigenvalue weighted by Gasteiger charge is -2.57. The van der Waals surface area contributed by atoms with Gasteiger partial charge in [0.25, 0.3) is 10.0 Å². The lowest BCUT2D eigenvalue weighted by atomic mass is 9.48. The van der Waals surface area contributed by atoms with Crippen molar-refractivity contribution in [1.29, 1.82) is 0 Å². The van der Waals surface area contributed by atoms with Crippen LogP contribution in [0.2, 0.25) is 0 Å². The molecule has 4 fully saturated rings. The molecule has 4 saturated carbocycles. The Morgan fingerprint density at radius 1 is 1.05 bits per heavy atom. The van der Waals surface area contributed by atoms with Crippen LogP contribution in [0.4, 0.5) is 9.18 Å². The molecule has 4 aliphatic rings. The third-order valence-corrected chi connectivity index (χ3v) is 14.0. The molecule has 4 aliphatic carbocycles. The van der Waals surface area contributed by atoms with Gasteiger partial charge in [-0.2, -0.15) is 0 Å². The molecule has 0 aliphatic heterocycles. The highest BCUT2D eigenvalue weighted by Crippen LogP contribution is 2.68. The number of aliphatic hydroxyl groups excluding tert-OH is 2. The first-order valence-electron chi connectivity index (χ1n) is 16.2. The monoisotopic (exact) mass is 606 g/mol. The van der Waals surface area contributed by atoms with Crippen molar-refractivity contribution in [2.45, 2.75) is 109 Å². The highest BCUT2D eigenvalue weighted by Gasteiger charge is 2.61. The molecule has 42 heavy (non-hydrogen) atoms. The van der Waals surface area contributed by atoms with E-state index in [4.69, 9.17) is 0 Å². The van der Waals surface area contributed by atoms with Crippen LogP contribution in [0, 0.1) is 58.1 Å². The Bertz CT molecular complexity index is 1240. The third-order valence-electron chi connectivity index (χ3n) is 12.6. The Morgan fingerprint density at radius 2 is 1.76 bits per heavy atom. The Labute approximate surface area is 251 Å². The van der Waals surface area contributed by atoms with Crippen molar-refractivity contribution in [2.75, 3.05) is 6.54 Å². The number of hydrogen-bond donors (Lipinski definition) is 4. The van der Waals surface area contributed by atoms with Crippen LogP contribution in [-0.2, 0) is 10.0 Å². The molecule has 0 heterocycles. The van der Waals surface area contributed by atoms with Crippen molar-refractivity contribution in [3.8, 4) is 0 Å². The van der Waals surface area contributed by atoms with E-state index in [-0.39, 0.29) is 33.9 Å². The number of fused-ring (bicyclic) bond motifs is 5. The Hall–Kier alpha value is -1.71. The maximum atomic E-state index is 13.5. The first-order valence-corrected chi connectivity index (χ1v) is 17.7. The van der Waals surface area contributed by atoms with E-state index in [2.05, 4.69) is 33.0 Å². The first-order chi connectivity index (χ1) is 19.8. The van der Waals surface area contributed by atoms with Crippen LogP contribution in [0.5, 0.6) is 0 Å². The van der Waals surface area contributed by atoms with Crippen LogP contribution in [0.3, 0.4) is 0 Å². The molecule has 1 aromatic carbocycles. The van der Waals surface area contributed by atoms with Crippen molar-refractivity contribution in [3.63, 3.8) is 0 Å². The standard InChI is InChI=1S/C33H51FN2O5S/c1-5-24-29-18-22(37)11-14-33(29,4)28-12-15-32(3)26(9-10-27(32)25(28)19-30(24)38)20(2)13-16-35-31(39)36-42(40,41)23-8-6-7-21(34)17-23/h6-8,17,20,22,24-30,37-38H,5,9-16,18-19H2,1-4H3,(H2,35,36,39)/t20-,22-,24-,25-,26-,27+,28+,29+,30?,32-,33-/m1/s1. The Balaban J connectivity index is 1.23. The van der Waals surface area contributed by atoms with Crippen molar-refractivity contribution >= 4 is 16.1 Å². The van der Waals surface area contributed by atoms with Crippen LogP contribution in [0.15, 0.2) is 29.2 Å². The van der Waals surface area contributed by atoms with Gasteiger partial charge in [0, 0.05) is 6.54 Å². The number of sulfonamides is 1. The highest BCUT2D eigenvalue weighted by molar-refractivity contribution is 7.90. The zero-order valence-electron chi connectivity index (χ0n) is 25.7. The quantitative estimate of drug-likeness (QED) is 0.311. The van der Waals surface area contributed by atoms with E-state index in [1.165, 1.54) is 31.4 Å².